The Kier molecular flexibility index (Phi) is 5.82. The number of hydrogen-bond acceptors (Lipinski definition) is 6. The van der Waals surface area contributed by atoms with Crippen LogP contribution in [0.5, 0.6) is 0 Å². The normalized spacial score (nSPS) is 14.9. The van der Waals surface area contributed by atoms with E-state index < -0.39 is 5.63 Å². The van der Waals surface area contributed by atoms with E-state index in [0.29, 0.717) is 42.0 Å². The van der Waals surface area contributed by atoms with Gasteiger partial charge in [0.05, 0.1) is 10.8 Å². The number of halogens is 1. The molecule has 6 nitrogen and oxygen atoms in total. The molecule has 4 rings (SSSR count). The summed E-state index contributed by atoms with van der Waals surface area (Å²) in [6, 6.07) is 10.4. The predicted octanol–water partition coefficient (Wildman–Crippen LogP) is 4.21. The fourth-order valence-corrected chi connectivity index (χ4v) is 4.50. The van der Waals surface area contributed by atoms with Crippen LogP contribution in [0.2, 0.25) is 0 Å². The summed E-state index contributed by atoms with van der Waals surface area (Å²) in [5.74, 6) is -0.532. The average Bonchev–Trinajstić information content (AvgIpc) is 3.25. The molecule has 0 radical (unpaired) electrons. The molecule has 1 amide bonds. The van der Waals surface area contributed by atoms with Crippen molar-refractivity contribution in [2.75, 3.05) is 13.1 Å². The first-order valence-corrected chi connectivity index (χ1v) is 10.9. The molecule has 0 atom stereocenters. The number of fused-ring (bicyclic) bond motifs is 1. The van der Waals surface area contributed by atoms with Gasteiger partial charge in [0, 0.05) is 34.6 Å². The number of likely N-dealkylation sites (tertiary alicyclic amines) is 1. The molecule has 0 N–H and O–H groups in total. The first kappa shape index (κ1) is 19.8. The Hall–Kier alpha value is -2.45. The maximum Gasteiger partial charge on any atom is 0.336 e. The standard InChI is InChI=1S/C21H18BrNO5S/c22-15-3-4-16-14(10-19(24)28-17(16)11-15)12-27-21(26)13-5-7-23(8-6-13)20(25)18-2-1-9-29-18/h1-4,9-11,13H,5-8,12H2. The maximum absolute atomic E-state index is 12.5. The molecule has 29 heavy (non-hydrogen) atoms. The van der Waals surface area contributed by atoms with E-state index in [4.69, 9.17) is 9.15 Å². The number of esters is 1. The number of hydrogen-bond donors (Lipinski definition) is 0. The van der Waals surface area contributed by atoms with Gasteiger partial charge in [-0.15, -0.1) is 11.3 Å². The Labute approximate surface area is 179 Å². The van der Waals surface area contributed by atoms with Gasteiger partial charge in [-0.2, -0.15) is 0 Å². The lowest BCUT2D eigenvalue weighted by atomic mass is 9.97. The number of piperidine rings is 1. The third-order valence-electron chi connectivity index (χ3n) is 5.01. The van der Waals surface area contributed by atoms with Gasteiger partial charge in [-0.3, -0.25) is 9.59 Å². The Morgan fingerprint density at radius 3 is 2.72 bits per heavy atom. The van der Waals surface area contributed by atoms with Crippen molar-refractivity contribution >= 4 is 50.1 Å². The molecule has 2 aromatic heterocycles. The highest BCUT2D eigenvalue weighted by atomic mass is 79.9. The Balaban J connectivity index is 1.37. The van der Waals surface area contributed by atoms with E-state index in [-0.39, 0.29) is 24.4 Å². The predicted molar refractivity (Wildman–Crippen MR) is 113 cm³/mol. The van der Waals surface area contributed by atoms with Crippen LogP contribution in [0.3, 0.4) is 0 Å². The number of ether oxygens (including phenoxy) is 1. The molecule has 0 saturated carbocycles. The number of benzene rings is 1. The summed E-state index contributed by atoms with van der Waals surface area (Å²) in [6.45, 7) is 1.07. The van der Waals surface area contributed by atoms with Crippen molar-refractivity contribution in [3.8, 4) is 0 Å². The van der Waals surface area contributed by atoms with Gasteiger partial charge in [-0.25, -0.2) is 4.79 Å². The average molecular weight is 476 g/mol. The highest BCUT2D eigenvalue weighted by Gasteiger charge is 2.29. The summed E-state index contributed by atoms with van der Waals surface area (Å²) >= 11 is 4.77. The van der Waals surface area contributed by atoms with Gasteiger partial charge in [-0.05, 0) is 42.5 Å². The largest absolute Gasteiger partial charge is 0.461 e. The highest BCUT2D eigenvalue weighted by Crippen LogP contribution is 2.24. The molecule has 3 aromatic rings. The molecule has 150 valence electrons. The van der Waals surface area contributed by atoms with E-state index in [2.05, 4.69) is 15.9 Å². The number of rotatable bonds is 4. The summed E-state index contributed by atoms with van der Waals surface area (Å²) in [7, 11) is 0. The first-order valence-electron chi connectivity index (χ1n) is 9.23. The lowest BCUT2D eigenvalue weighted by Crippen LogP contribution is -2.40. The number of nitrogens with zero attached hydrogens (tertiary/aromatic N) is 1. The summed E-state index contributed by atoms with van der Waals surface area (Å²) in [5.41, 5.74) is 0.572. The summed E-state index contributed by atoms with van der Waals surface area (Å²) < 4.78 is 11.5. The molecule has 0 bridgehead atoms. The Bertz CT molecular complexity index is 1100. The molecular formula is C21H18BrNO5S. The van der Waals surface area contributed by atoms with Gasteiger partial charge in [0.2, 0.25) is 0 Å². The van der Waals surface area contributed by atoms with Gasteiger partial charge in [-0.1, -0.05) is 22.0 Å². The number of carbonyl (C=O) groups is 2. The van der Waals surface area contributed by atoms with Crippen molar-refractivity contribution in [3.63, 3.8) is 0 Å². The number of thiophene rings is 1. The van der Waals surface area contributed by atoms with E-state index in [1.54, 1.807) is 11.0 Å². The summed E-state index contributed by atoms with van der Waals surface area (Å²) in [4.78, 5) is 39.2. The van der Waals surface area contributed by atoms with E-state index in [1.807, 2.05) is 29.6 Å². The van der Waals surface area contributed by atoms with Crippen LogP contribution in [0.4, 0.5) is 0 Å². The second-order valence-electron chi connectivity index (χ2n) is 6.88. The monoisotopic (exact) mass is 475 g/mol. The van der Waals surface area contributed by atoms with Crippen LogP contribution in [-0.4, -0.2) is 29.9 Å². The maximum atomic E-state index is 12.5. The van der Waals surface area contributed by atoms with Gasteiger partial charge in [0.15, 0.2) is 0 Å². The molecule has 1 saturated heterocycles. The van der Waals surface area contributed by atoms with Crippen molar-refractivity contribution < 1.29 is 18.7 Å². The van der Waals surface area contributed by atoms with Crippen LogP contribution in [0.15, 0.2) is 55.5 Å². The minimum Gasteiger partial charge on any atom is -0.461 e. The van der Waals surface area contributed by atoms with Crippen LogP contribution in [0.1, 0.15) is 28.1 Å². The van der Waals surface area contributed by atoms with Crippen molar-refractivity contribution in [1.29, 1.82) is 0 Å². The third-order valence-corrected chi connectivity index (χ3v) is 6.36. The van der Waals surface area contributed by atoms with Gasteiger partial charge in [0.1, 0.15) is 12.2 Å². The van der Waals surface area contributed by atoms with Crippen LogP contribution in [-0.2, 0) is 16.1 Å². The number of amides is 1. The van der Waals surface area contributed by atoms with Gasteiger partial charge >= 0.3 is 11.6 Å². The topological polar surface area (TPSA) is 76.8 Å². The van der Waals surface area contributed by atoms with Crippen molar-refractivity contribution in [1.82, 2.24) is 4.90 Å². The second-order valence-corrected chi connectivity index (χ2v) is 8.75. The molecule has 0 aliphatic carbocycles. The zero-order valence-electron chi connectivity index (χ0n) is 15.4. The van der Waals surface area contributed by atoms with Crippen LogP contribution in [0.25, 0.3) is 11.0 Å². The molecule has 8 heteroatoms. The first-order chi connectivity index (χ1) is 14.0. The molecule has 1 aliphatic rings. The lowest BCUT2D eigenvalue weighted by molar-refractivity contribution is -0.151. The van der Waals surface area contributed by atoms with Crippen molar-refractivity contribution in [3.05, 3.63) is 67.1 Å². The second kappa shape index (κ2) is 8.51. The molecule has 0 unspecified atom stereocenters. The summed E-state index contributed by atoms with van der Waals surface area (Å²) in [6.07, 6.45) is 1.14. The van der Waals surface area contributed by atoms with Gasteiger partial charge in [0.25, 0.3) is 5.91 Å². The minimum absolute atomic E-state index is 0.0108. The quantitative estimate of drug-likeness (QED) is 0.417. The van der Waals surface area contributed by atoms with E-state index in [9.17, 15) is 14.4 Å². The highest BCUT2D eigenvalue weighted by molar-refractivity contribution is 9.10. The third kappa shape index (κ3) is 4.43. The van der Waals surface area contributed by atoms with E-state index >= 15 is 0 Å². The van der Waals surface area contributed by atoms with Gasteiger partial charge < -0.3 is 14.1 Å². The van der Waals surface area contributed by atoms with Crippen LogP contribution in [0, 0.1) is 5.92 Å². The molecule has 3 heterocycles. The van der Waals surface area contributed by atoms with Crippen LogP contribution >= 0.6 is 27.3 Å². The van der Waals surface area contributed by atoms with Crippen molar-refractivity contribution in [2.45, 2.75) is 19.4 Å². The van der Waals surface area contributed by atoms with E-state index in [0.717, 1.165) is 9.86 Å². The minimum atomic E-state index is -0.484. The molecule has 1 aliphatic heterocycles. The molecular weight excluding hydrogens is 458 g/mol. The molecule has 0 spiro atoms. The summed E-state index contributed by atoms with van der Waals surface area (Å²) in [5, 5.41) is 2.61. The molecule has 1 fully saturated rings. The van der Waals surface area contributed by atoms with Crippen LogP contribution < -0.4 is 5.63 Å². The Morgan fingerprint density at radius 1 is 1.21 bits per heavy atom. The van der Waals surface area contributed by atoms with Crippen molar-refractivity contribution in [2.24, 2.45) is 5.92 Å². The zero-order valence-corrected chi connectivity index (χ0v) is 17.8. The smallest absolute Gasteiger partial charge is 0.336 e. The molecule has 1 aromatic carbocycles. The SMILES string of the molecule is O=C(OCc1cc(=O)oc2cc(Br)ccc12)C1CCN(C(=O)c2cccs2)CC1. The lowest BCUT2D eigenvalue weighted by Gasteiger charge is -2.30. The zero-order chi connectivity index (χ0) is 20.4. The fourth-order valence-electron chi connectivity index (χ4n) is 3.46. The number of carbonyl (C=O) groups excluding carboxylic acids is 2. The fraction of sp³-hybridized carbons (Fsp3) is 0.286. The Morgan fingerprint density at radius 2 is 2.00 bits per heavy atom. The van der Waals surface area contributed by atoms with E-state index in [1.165, 1.54) is 17.4 Å².